The van der Waals surface area contributed by atoms with Crippen LogP contribution < -0.4 is 16.1 Å². The minimum atomic E-state index is -0.608. The molecule has 0 aliphatic rings. The molecule has 2 aromatic rings. The number of nitro benzene ring substituents is 1. The molecule has 0 bridgehead atoms. The van der Waals surface area contributed by atoms with E-state index in [1.165, 1.54) is 18.3 Å². The van der Waals surface area contributed by atoms with Crippen molar-refractivity contribution in [3.63, 3.8) is 0 Å². The van der Waals surface area contributed by atoms with Crippen LogP contribution in [0.3, 0.4) is 0 Å². The van der Waals surface area contributed by atoms with E-state index >= 15 is 0 Å². The number of rotatable bonds is 5. The first-order valence-electron chi connectivity index (χ1n) is 7.02. The molecule has 24 heavy (non-hydrogen) atoms. The summed E-state index contributed by atoms with van der Waals surface area (Å²) in [4.78, 5) is 24.1. The van der Waals surface area contributed by atoms with Crippen LogP contribution >= 0.6 is 0 Å². The average molecular weight is 327 g/mol. The van der Waals surface area contributed by atoms with Gasteiger partial charge < -0.3 is 10.6 Å². The third kappa shape index (κ3) is 4.29. The van der Waals surface area contributed by atoms with Gasteiger partial charge in [-0.3, -0.25) is 14.9 Å². The van der Waals surface area contributed by atoms with Gasteiger partial charge in [0.15, 0.2) is 0 Å². The first-order chi connectivity index (χ1) is 11.4. The Bertz CT molecular complexity index is 785. The molecule has 0 aromatic heterocycles. The van der Waals surface area contributed by atoms with Gasteiger partial charge in [-0.2, -0.15) is 5.10 Å². The standard InChI is InChI=1S/C16H17N5O3/c1-20(2)14-5-3-11(4-6-14)10-18-19-16(22)12-7-13(17)9-15(8-12)21(23)24/h3-10H,17H2,1-2H3,(H,19,22). The summed E-state index contributed by atoms with van der Waals surface area (Å²) in [7, 11) is 3.88. The second kappa shape index (κ2) is 7.23. The number of nitrogens with two attached hydrogens (primary N) is 1. The molecule has 0 spiro atoms. The smallest absolute Gasteiger partial charge is 0.272 e. The highest BCUT2D eigenvalue weighted by Crippen LogP contribution is 2.18. The number of hydrogen-bond acceptors (Lipinski definition) is 6. The molecule has 2 aromatic carbocycles. The Labute approximate surface area is 138 Å². The largest absolute Gasteiger partial charge is 0.399 e. The van der Waals surface area contributed by atoms with Crippen LogP contribution in [0.25, 0.3) is 0 Å². The number of benzene rings is 2. The zero-order valence-electron chi connectivity index (χ0n) is 13.3. The van der Waals surface area contributed by atoms with Crippen LogP contribution in [0.15, 0.2) is 47.6 Å². The number of amides is 1. The van der Waals surface area contributed by atoms with Crippen LogP contribution in [0.2, 0.25) is 0 Å². The topological polar surface area (TPSA) is 114 Å². The van der Waals surface area contributed by atoms with Gasteiger partial charge in [-0.05, 0) is 23.8 Å². The second-order valence-electron chi connectivity index (χ2n) is 5.26. The Balaban J connectivity index is 2.06. The molecule has 0 atom stereocenters. The molecular formula is C16H17N5O3. The van der Waals surface area contributed by atoms with Crippen molar-refractivity contribution in [2.24, 2.45) is 5.10 Å². The summed E-state index contributed by atoms with van der Waals surface area (Å²) in [6.45, 7) is 0. The van der Waals surface area contributed by atoms with E-state index in [9.17, 15) is 14.9 Å². The molecule has 0 saturated carbocycles. The lowest BCUT2D eigenvalue weighted by atomic mass is 10.1. The molecule has 3 N–H and O–H groups in total. The molecule has 0 aliphatic heterocycles. The van der Waals surface area contributed by atoms with Crippen molar-refractivity contribution in [3.05, 3.63) is 63.7 Å². The normalized spacial score (nSPS) is 10.6. The van der Waals surface area contributed by atoms with E-state index in [-0.39, 0.29) is 16.9 Å². The number of nitrogen functional groups attached to an aromatic ring is 1. The summed E-state index contributed by atoms with van der Waals surface area (Å²) in [6.07, 6.45) is 1.48. The van der Waals surface area contributed by atoms with Gasteiger partial charge in [0, 0.05) is 37.6 Å². The predicted octanol–water partition coefficient (Wildman–Crippen LogP) is 2.01. The maximum Gasteiger partial charge on any atom is 0.272 e. The quantitative estimate of drug-likeness (QED) is 0.377. The van der Waals surface area contributed by atoms with Crippen molar-refractivity contribution >= 4 is 29.2 Å². The molecule has 0 aliphatic carbocycles. The first kappa shape index (κ1) is 16.9. The van der Waals surface area contributed by atoms with E-state index in [4.69, 9.17) is 5.73 Å². The van der Waals surface area contributed by atoms with Crippen LogP contribution in [0, 0.1) is 10.1 Å². The van der Waals surface area contributed by atoms with E-state index in [2.05, 4.69) is 10.5 Å². The fraction of sp³-hybridized carbons (Fsp3) is 0.125. The number of hydrogen-bond donors (Lipinski definition) is 2. The Hall–Kier alpha value is -3.42. The van der Waals surface area contributed by atoms with Gasteiger partial charge in [0.05, 0.1) is 16.7 Å². The maximum absolute atomic E-state index is 12.0. The Morgan fingerprint density at radius 1 is 1.25 bits per heavy atom. The first-order valence-corrected chi connectivity index (χ1v) is 7.02. The van der Waals surface area contributed by atoms with Gasteiger partial charge in [-0.1, -0.05) is 12.1 Å². The highest BCUT2D eigenvalue weighted by molar-refractivity contribution is 5.96. The van der Waals surface area contributed by atoms with Crippen LogP contribution in [0.5, 0.6) is 0 Å². The summed E-state index contributed by atoms with van der Waals surface area (Å²) < 4.78 is 0. The summed E-state index contributed by atoms with van der Waals surface area (Å²) in [5, 5.41) is 14.6. The van der Waals surface area contributed by atoms with E-state index < -0.39 is 10.8 Å². The van der Waals surface area contributed by atoms with Crippen molar-refractivity contribution < 1.29 is 9.72 Å². The molecule has 0 radical (unpaired) electrons. The van der Waals surface area contributed by atoms with E-state index in [0.29, 0.717) is 0 Å². The third-order valence-electron chi connectivity index (χ3n) is 3.20. The third-order valence-corrected chi connectivity index (χ3v) is 3.20. The Morgan fingerprint density at radius 2 is 1.92 bits per heavy atom. The van der Waals surface area contributed by atoms with Crippen molar-refractivity contribution in [2.75, 3.05) is 24.7 Å². The van der Waals surface area contributed by atoms with E-state index in [1.54, 1.807) is 0 Å². The number of carbonyl (C=O) groups is 1. The van der Waals surface area contributed by atoms with Gasteiger partial charge in [-0.15, -0.1) is 0 Å². The van der Waals surface area contributed by atoms with Gasteiger partial charge in [-0.25, -0.2) is 5.43 Å². The molecule has 2 rings (SSSR count). The number of carbonyl (C=O) groups excluding carboxylic acids is 1. The fourth-order valence-corrected chi connectivity index (χ4v) is 1.96. The second-order valence-corrected chi connectivity index (χ2v) is 5.26. The Kier molecular flexibility index (Phi) is 5.10. The van der Waals surface area contributed by atoms with E-state index in [0.717, 1.165) is 17.3 Å². The van der Waals surface area contributed by atoms with E-state index in [1.807, 2.05) is 43.3 Å². The van der Waals surface area contributed by atoms with Crippen molar-refractivity contribution in [1.29, 1.82) is 0 Å². The molecule has 1 amide bonds. The highest BCUT2D eigenvalue weighted by Gasteiger charge is 2.13. The van der Waals surface area contributed by atoms with Crippen LogP contribution in [0.1, 0.15) is 15.9 Å². The van der Waals surface area contributed by atoms with Crippen molar-refractivity contribution in [2.45, 2.75) is 0 Å². The number of anilines is 2. The maximum atomic E-state index is 12.0. The molecule has 0 fully saturated rings. The lowest BCUT2D eigenvalue weighted by Crippen LogP contribution is -2.18. The number of hydrazone groups is 1. The molecule has 124 valence electrons. The number of nitrogens with one attached hydrogen (secondary N) is 1. The lowest BCUT2D eigenvalue weighted by molar-refractivity contribution is -0.384. The fourth-order valence-electron chi connectivity index (χ4n) is 1.96. The average Bonchev–Trinajstić information content (AvgIpc) is 2.54. The van der Waals surface area contributed by atoms with Gasteiger partial charge in [0.2, 0.25) is 0 Å². The zero-order valence-corrected chi connectivity index (χ0v) is 13.3. The van der Waals surface area contributed by atoms with Crippen LogP contribution in [-0.2, 0) is 0 Å². The summed E-state index contributed by atoms with van der Waals surface area (Å²) in [5.41, 5.74) is 9.70. The summed E-state index contributed by atoms with van der Waals surface area (Å²) >= 11 is 0. The van der Waals surface area contributed by atoms with Crippen molar-refractivity contribution in [1.82, 2.24) is 5.43 Å². The van der Waals surface area contributed by atoms with Crippen LogP contribution in [-0.4, -0.2) is 31.1 Å². The van der Waals surface area contributed by atoms with Crippen molar-refractivity contribution in [3.8, 4) is 0 Å². The SMILES string of the molecule is CN(C)c1ccc(C=NNC(=O)c2cc(N)cc([N+](=O)[O-])c2)cc1. The molecule has 8 heteroatoms. The molecule has 0 saturated heterocycles. The van der Waals surface area contributed by atoms with Gasteiger partial charge >= 0.3 is 0 Å². The van der Waals surface area contributed by atoms with Gasteiger partial charge in [0.25, 0.3) is 11.6 Å². The Morgan fingerprint density at radius 3 is 2.50 bits per heavy atom. The number of nitrogens with zero attached hydrogens (tertiary/aromatic N) is 3. The minimum Gasteiger partial charge on any atom is -0.399 e. The summed E-state index contributed by atoms with van der Waals surface area (Å²) in [6, 6.07) is 11.2. The summed E-state index contributed by atoms with van der Waals surface area (Å²) in [5.74, 6) is -0.577. The number of non-ortho nitro benzene ring substituents is 1. The molecule has 0 heterocycles. The zero-order chi connectivity index (χ0) is 17.7. The highest BCUT2D eigenvalue weighted by atomic mass is 16.6. The predicted molar refractivity (Wildman–Crippen MR) is 93.3 cm³/mol. The molecular weight excluding hydrogens is 310 g/mol. The monoisotopic (exact) mass is 327 g/mol. The molecule has 0 unspecified atom stereocenters. The van der Waals surface area contributed by atoms with Crippen LogP contribution in [0.4, 0.5) is 17.1 Å². The minimum absolute atomic E-state index is 0.0711. The number of nitro groups is 1. The molecule has 8 nitrogen and oxygen atoms in total. The lowest BCUT2D eigenvalue weighted by Gasteiger charge is -2.11. The van der Waals surface area contributed by atoms with Gasteiger partial charge in [0.1, 0.15) is 0 Å².